The summed E-state index contributed by atoms with van der Waals surface area (Å²) in [5.74, 6) is -0.868. The van der Waals surface area contributed by atoms with Crippen molar-refractivity contribution >= 4 is 23.0 Å². The fourth-order valence-corrected chi connectivity index (χ4v) is 3.12. The molecule has 120 valence electrons. The Bertz CT molecular complexity index is 846. The van der Waals surface area contributed by atoms with E-state index in [9.17, 15) is 18.8 Å². The van der Waals surface area contributed by atoms with E-state index in [1.165, 1.54) is 21.8 Å². The van der Waals surface area contributed by atoms with E-state index in [0.717, 1.165) is 12.8 Å². The number of Topliss-reactive ketones (excluding diaryl/α,β-unsaturated/α-hetero) is 1. The molecule has 0 radical (unpaired) electrons. The summed E-state index contributed by atoms with van der Waals surface area (Å²) < 4.78 is 15.3. The zero-order chi connectivity index (χ0) is 16.6. The lowest BCUT2D eigenvalue weighted by Gasteiger charge is -2.37. The van der Waals surface area contributed by atoms with Gasteiger partial charge >= 0.3 is 0 Å². The molecule has 0 saturated carbocycles. The summed E-state index contributed by atoms with van der Waals surface area (Å²) in [5.41, 5.74) is -0.282. The van der Waals surface area contributed by atoms with Crippen LogP contribution in [0.1, 0.15) is 25.1 Å². The molecule has 1 saturated heterocycles. The van der Waals surface area contributed by atoms with Crippen molar-refractivity contribution in [2.24, 2.45) is 0 Å². The van der Waals surface area contributed by atoms with Gasteiger partial charge in [0.2, 0.25) is 5.78 Å². The molecule has 1 aromatic carbocycles. The van der Waals surface area contributed by atoms with E-state index in [-0.39, 0.29) is 17.2 Å². The minimum atomic E-state index is -0.705. The number of aromatic nitrogens is 2. The Kier molecular flexibility index (Phi) is 3.94. The van der Waals surface area contributed by atoms with Gasteiger partial charge in [-0.15, -0.1) is 0 Å². The molecule has 1 aliphatic rings. The van der Waals surface area contributed by atoms with Crippen molar-refractivity contribution in [1.82, 2.24) is 9.66 Å². The van der Waals surface area contributed by atoms with Gasteiger partial charge in [-0.1, -0.05) is 6.07 Å². The van der Waals surface area contributed by atoms with Crippen LogP contribution >= 0.6 is 0 Å². The van der Waals surface area contributed by atoms with E-state index in [4.69, 9.17) is 0 Å². The zero-order valence-corrected chi connectivity index (χ0v) is 12.7. The Morgan fingerprint density at radius 1 is 1.39 bits per heavy atom. The molecule has 23 heavy (non-hydrogen) atoms. The fraction of sp³-hybridized carbons (Fsp3) is 0.375. The highest BCUT2D eigenvalue weighted by molar-refractivity contribution is 6.28. The molecular formula is C16H16FN3O3. The number of ketones is 1. The number of halogens is 1. The molecule has 6 nitrogen and oxygen atoms in total. The van der Waals surface area contributed by atoms with Crippen LogP contribution in [0, 0.1) is 12.7 Å². The van der Waals surface area contributed by atoms with Gasteiger partial charge in [0.15, 0.2) is 6.29 Å². The van der Waals surface area contributed by atoms with Crippen molar-refractivity contribution in [1.29, 1.82) is 0 Å². The standard InChI is InChI=1S/C16H16FN3O3/c1-10-18-12-6-4-5-11(17)15(12)16(23)20(10)19-8-3-2-7-13(19)14(22)9-21/h4-6,9,13H,2-3,7-8H2,1H3. The van der Waals surface area contributed by atoms with E-state index in [1.54, 1.807) is 13.0 Å². The molecule has 0 aliphatic carbocycles. The molecule has 1 aliphatic heterocycles. The van der Waals surface area contributed by atoms with Crippen LogP contribution in [0.5, 0.6) is 0 Å². The largest absolute Gasteiger partial charge is 0.297 e. The first-order valence-electron chi connectivity index (χ1n) is 7.48. The summed E-state index contributed by atoms with van der Waals surface area (Å²) in [7, 11) is 0. The summed E-state index contributed by atoms with van der Waals surface area (Å²) in [6, 6.07) is 3.56. The summed E-state index contributed by atoms with van der Waals surface area (Å²) in [6.07, 6.45) is 2.34. The van der Waals surface area contributed by atoms with Crippen molar-refractivity contribution in [2.75, 3.05) is 11.6 Å². The number of rotatable bonds is 3. The predicted octanol–water partition coefficient (Wildman–Crippen LogP) is 1.10. The van der Waals surface area contributed by atoms with Gasteiger partial charge < -0.3 is 0 Å². The minimum Gasteiger partial charge on any atom is -0.297 e. The van der Waals surface area contributed by atoms with Gasteiger partial charge in [0.05, 0.1) is 5.52 Å². The van der Waals surface area contributed by atoms with Crippen LogP contribution in [0.3, 0.4) is 0 Å². The monoisotopic (exact) mass is 317 g/mol. The quantitative estimate of drug-likeness (QED) is 0.626. The molecule has 1 fully saturated rings. The highest BCUT2D eigenvalue weighted by Crippen LogP contribution is 2.18. The normalized spacial score (nSPS) is 18.2. The molecule has 0 amide bonds. The van der Waals surface area contributed by atoms with Gasteiger partial charge in [-0.25, -0.2) is 14.1 Å². The molecular weight excluding hydrogens is 301 g/mol. The van der Waals surface area contributed by atoms with Crippen LogP contribution < -0.4 is 10.6 Å². The molecule has 0 bridgehead atoms. The number of carbonyl (C=O) groups excluding carboxylic acids is 2. The number of hydrogen-bond donors (Lipinski definition) is 0. The minimum absolute atomic E-state index is 0.110. The molecule has 1 atom stereocenters. The molecule has 2 aromatic rings. The third-order valence-electron chi connectivity index (χ3n) is 4.16. The van der Waals surface area contributed by atoms with Crippen LogP contribution in [0.4, 0.5) is 4.39 Å². The Morgan fingerprint density at radius 2 is 2.17 bits per heavy atom. The van der Waals surface area contributed by atoms with Crippen LogP contribution in [-0.4, -0.2) is 34.3 Å². The second-order valence-corrected chi connectivity index (χ2v) is 5.60. The van der Waals surface area contributed by atoms with Crippen molar-refractivity contribution in [3.05, 3.63) is 40.2 Å². The highest BCUT2D eigenvalue weighted by Gasteiger charge is 2.31. The van der Waals surface area contributed by atoms with Gasteiger partial charge in [-0.2, -0.15) is 0 Å². The number of nitrogens with zero attached hydrogens (tertiary/aromatic N) is 3. The number of hydrogen-bond acceptors (Lipinski definition) is 5. The number of piperidine rings is 1. The van der Waals surface area contributed by atoms with Crippen LogP contribution in [0.2, 0.25) is 0 Å². The van der Waals surface area contributed by atoms with Crippen molar-refractivity contribution in [2.45, 2.75) is 32.2 Å². The lowest BCUT2D eigenvalue weighted by Crippen LogP contribution is -2.55. The van der Waals surface area contributed by atoms with Gasteiger partial charge in [-0.3, -0.25) is 19.4 Å². The third kappa shape index (κ3) is 2.52. The lowest BCUT2D eigenvalue weighted by molar-refractivity contribution is -0.131. The second-order valence-electron chi connectivity index (χ2n) is 5.60. The number of fused-ring (bicyclic) bond motifs is 1. The number of benzene rings is 1. The zero-order valence-electron chi connectivity index (χ0n) is 12.7. The van der Waals surface area contributed by atoms with Gasteiger partial charge in [0, 0.05) is 6.54 Å². The van der Waals surface area contributed by atoms with Gasteiger partial charge in [0.25, 0.3) is 5.56 Å². The summed E-state index contributed by atoms with van der Waals surface area (Å²) in [5, 5.41) is 1.43. The average molecular weight is 317 g/mol. The molecule has 0 spiro atoms. The fourth-order valence-electron chi connectivity index (χ4n) is 3.12. The SMILES string of the molecule is Cc1nc2cccc(F)c2c(=O)n1N1CCCCC1C(=O)C=O. The summed E-state index contributed by atoms with van der Waals surface area (Å²) >= 11 is 0. The van der Waals surface area contributed by atoms with Crippen LogP contribution in [0.15, 0.2) is 23.0 Å². The van der Waals surface area contributed by atoms with E-state index in [0.29, 0.717) is 18.8 Å². The maximum atomic E-state index is 14.1. The number of aldehydes is 1. The average Bonchev–Trinajstić information content (AvgIpc) is 2.54. The predicted molar refractivity (Wildman–Crippen MR) is 82.5 cm³/mol. The van der Waals surface area contributed by atoms with E-state index in [2.05, 4.69) is 4.98 Å². The van der Waals surface area contributed by atoms with Gasteiger partial charge in [-0.05, 0) is 38.3 Å². The van der Waals surface area contributed by atoms with Crippen LogP contribution in [0.25, 0.3) is 10.9 Å². The lowest BCUT2D eigenvalue weighted by atomic mass is 10.0. The Labute approximate surface area is 131 Å². The molecule has 7 heteroatoms. The van der Waals surface area contributed by atoms with Gasteiger partial charge in [0.1, 0.15) is 23.1 Å². The first-order chi connectivity index (χ1) is 11.0. The molecule has 1 unspecified atom stereocenters. The smallest absolute Gasteiger partial charge is 0.283 e. The van der Waals surface area contributed by atoms with E-state index < -0.39 is 23.2 Å². The maximum Gasteiger partial charge on any atom is 0.283 e. The topological polar surface area (TPSA) is 72.3 Å². The Hall–Kier alpha value is -2.57. The number of carbonyl (C=O) groups is 2. The van der Waals surface area contributed by atoms with Crippen LogP contribution in [-0.2, 0) is 9.59 Å². The summed E-state index contributed by atoms with van der Waals surface area (Å²) in [4.78, 5) is 39.8. The first kappa shape index (κ1) is 15.3. The molecule has 1 aromatic heterocycles. The number of aryl methyl sites for hydroxylation is 1. The maximum absolute atomic E-state index is 14.1. The highest BCUT2D eigenvalue weighted by atomic mass is 19.1. The molecule has 0 N–H and O–H groups in total. The Morgan fingerprint density at radius 3 is 2.91 bits per heavy atom. The van der Waals surface area contributed by atoms with Crippen molar-refractivity contribution < 1.29 is 14.0 Å². The van der Waals surface area contributed by atoms with E-state index in [1.807, 2.05) is 0 Å². The van der Waals surface area contributed by atoms with Crippen molar-refractivity contribution in [3.63, 3.8) is 0 Å². The third-order valence-corrected chi connectivity index (χ3v) is 4.16. The molecule has 3 rings (SSSR count). The van der Waals surface area contributed by atoms with E-state index >= 15 is 0 Å². The summed E-state index contributed by atoms with van der Waals surface area (Å²) in [6.45, 7) is 2.06. The first-order valence-corrected chi connectivity index (χ1v) is 7.48. The second kappa shape index (κ2) is 5.91. The Balaban J connectivity index is 2.22. The molecule has 2 heterocycles. The van der Waals surface area contributed by atoms with Crippen molar-refractivity contribution in [3.8, 4) is 0 Å².